The zero-order valence-corrected chi connectivity index (χ0v) is 16.9. The number of rotatable bonds is 4. The van der Waals surface area contributed by atoms with Crippen LogP contribution in [0.1, 0.15) is 28.0 Å². The first-order valence-electron chi connectivity index (χ1n) is 9.67. The number of ether oxygens (including phenoxy) is 1. The highest BCUT2D eigenvalue weighted by Gasteiger charge is 2.40. The molecule has 0 bridgehead atoms. The van der Waals surface area contributed by atoms with Crippen LogP contribution in [0.3, 0.4) is 0 Å². The largest absolute Gasteiger partial charge is 0.497 e. The lowest BCUT2D eigenvalue weighted by Gasteiger charge is -2.23. The lowest BCUT2D eigenvalue weighted by atomic mass is 9.92. The van der Waals surface area contributed by atoms with E-state index in [-0.39, 0.29) is 12.5 Å². The molecule has 6 nitrogen and oxygen atoms in total. The SMILES string of the molecule is COc1ccc(-c2cc(C(=O)N3CC[C@](O)(c4ccc(C)cc4)C3)nn2C)cc1. The number of aryl methyl sites for hydroxylation is 2. The van der Waals surface area contributed by atoms with Crippen molar-refractivity contribution in [2.75, 3.05) is 20.2 Å². The first-order chi connectivity index (χ1) is 13.9. The third-order valence-corrected chi connectivity index (χ3v) is 5.61. The standard InChI is InChI=1S/C23H25N3O3/c1-16-4-8-18(9-5-16)23(28)12-13-26(15-23)22(27)20-14-21(25(2)24-20)17-6-10-19(29-3)11-7-17/h4-11,14,28H,12-13,15H2,1-3H3/t23-/m1/s1. The van der Waals surface area contributed by atoms with E-state index in [0.717, 1.165) is 28.1 Å². The molecule has 4 rings (SSSR count). The first kappa shape index (κ1) is 19.2. The molecule has 1 N–H and O–H groups in total. The molecule has 0 unspecified atom stereocenters. The highest BCUT2D eigenvalue weighted by atomic mass is 16.5. The third-order valence-electron chi connectivity index (χ3n) is 5.61. The van der Waals surface area contributed by atoms with Gasteiger partial charge < -0.3 is 14.7 Å². The van der Waals surface area contributed by atoms with E-state index in [1.807, 2.05) is 62.5 Å². The van der Waals surface area contributed by atoms with Crippen LogP contribution in [0.15, 0.2) is 54.6 Å². The van der Waals surface area contributed by atoms with E-state index in [4.69, 9.17) is 4.74 Å². The van der Waals surface area contributed by atoms with E-state index in [9.17, 15) is 9.90 Å². The van der Waals surface area contributed by atoms with Gasteiger partial charge in [0.1, 0.15) is 11.4 Å². The van der Waals surface area contributed by atoms with Crippen molar-refractivity contribution in [3.8, 4) is 17.0 Å². The Labute approximate surface area is 170 Å². The van der Waals surface area contributed by atoms with Crippen LogP contribution < -0.4 is 4.74 Å². The molecule has 1 aromatic heterocycles. The lowest BCUT2D eigenvalue weighted by Crippen LogP contribution is -2.34. The van der Waals surface area contributed by atoms with Gasteiger partial charge in [0.25, 0.3) is 5.91 Å². The number of likely N-dealkylation sites (tertiary alicyclic amines) is 1. The fraction of sp³-hybridized carbons (Fsp3) is 0.304. The molecule has 1 fully saturated rings. The molecule has 0 aliphatic carbocycles. The molecule has 1 aliphatic heterocycles. The maximum atomic E-state index is 13.0. The molecule has 3 aromatic rings. The number of nitrogens with zero attached hydrogens (tertiary/aromatic N) is 3. The van der Waals surface area contributed by atoms with E-state index >= 15 is 0 Å². The van der Waals surface area contributed by atoms with Crippen molar-refractivity contribution in [3.63, 3.8) is 0 Å². The van der Waals surface area contributed by atoms with Gasteiger partial charge in [-0.05, 0) is 49.2 Å². The number of aromatic nitrogens is 2. The maximum Gasteiger partial charge on any atom is 0.274 e. The van der Waals surface area contributed by atoms with Crippen LogP contribution in [0, 0.1) is 6.92 Å². The average molecular weight is 391 g/mol. The topological polar surface area (TPSA) is 67.6 Å². The van der Waals surface area contributed by atoms with E-state index < -0.39 is 5.60 Å². The Kier molecular flexibility index (Phi) is 4.88. The Morgan fingerprint density at radius 2 is 1.83 bits per heavy atom. The number of carbonyl (C=O) groups is 1. The molecular formula is C23H25N3O3. The summed E-state index contributed by atoms with van der Waals surface area (Å²) >= 11 is 0. The number of carbonyl (C=O) groups excluding carboxylic acids is 1. The van der Waals surface area contributed by atoms with E-state index in [1.165, 1.54) is 0 Å². The molecule has 150 valence electrons. The van der Waals surface area contributed by atoms with Gasteiger partial charge in [-0.25, -0.2) is 0 Å². The van der Waals surface area contributed by atoms with Crippen LogP contribution in [-0.4, -0.2) is 45.9 Å². The van der Waals surface area contributed by atoms with Crippen LogP contribution in [0.25, 0.3) is 11.3 Å². The van der Waals surface area contributed by atoms with Gasteiger partial charge >= 0.3 is 0 Å². The van der Waals surface area contributed by atoms with Gasteiger partial charge in [0, 0.05) is 19.2 Å². The predicted octanol–water partition coefficient (Wildman–Crippen LogP) is 3.14. The number of amides is 1. The van der Waals surface area contributed by atoms with Crippen molar-refractivity contribution in [1.82, 2.24) is 14.7 Å². The summed E-state index contributed by atoms with van der Waals surface area (Å²) in [7, 11) is 3.45. The molecule has 1 saturated heterocycles. The van der Waals surface area contributed by atoms with Crippen LogP contribution in [0.2, 0.25) is 0 Å². The number of methoxy groups -OCH3 is 1. The highest BCUT2D eigenvalue weighted by molar-refractivity contribution is 5.93. The van der Waals surface area contributed by atoms with Crippen LogP contribution in [-0.2, 0) is 12.6 Å². The van der Waals surface area contributed by atoms with E-state index in [1.54, 1.807) is 22.8 Å². The number of benzene rings is 2. The van der Waals surface area contributed by atoms with Crippen LogP contribution in [0.4, 0.5) is 0 Å². The number of hydrogen-bond donors (Lipinski definition) is 1. The normalized spacial score (nSPS) is 18.8. The van der Waals surface area contributed by atoms with Gasteiger partial charge in [-0.3, -0.25) is 9.48 Å². The fourth-order valence-corrected chi connectivity index (χ4v) is 3.83. The Bertz CT molecular complexity index is 1020. The summed E-state index contributed by atoms with van der Waals surface area (Å²) in [5, 5.41) is 15.5. The van der Waals surface area contributed by atoms with Crippen LogP contribution in [0.5, 0.6) is 5.75 Å². The van der Waals surface area contributed by atoms with Gasteiger partial charge in [-0.15, -0.1) is 0 Å². The smallest absolute Gasteiger partial charge is 0.274 e. The van der Waals surface area contributed by atoms with Crippen molar-refractivity contribution in [1.29, 1.82) is 0 Å². The molecular weight excluding hydrogens is 366 g/mol. The molecule has 6 heteroatoms. The third kappa shape index (κ3) is 3.63. The van der Waals surface area contributed by atoms with Gasteiger partial charge in [0.2, 0.25) is 0 Å². The summed E-state index contributed by atoms with van der Waals surface area (Å²) in [6.07, 6.45) is 0.514. The summed E-state index contributed by atoms with van der Waals surface area (Å²) in [4.78, 5) is 14.7. The van der Waals surface area contributed by atoms with E-state index in [0.29, 0.717) is 18.7 Å². The molecule has 2 aromatic carbocycles. The zero-order valence-electron chi connectivity index (χ0n) is 16.9. The lowest BCUT2D eigenvalue weighted by molar-refractivity contribution is 0.0415. The van der Waals surface area contributed by atoms with Gasteiger partial charge in [0.15, 0.2) is 5.69 Å². The second kappa shape index (κ2) is 7.37. The second-order valence-electron chi connectivity index (χ2n) is 7.64. The van der Waals surface area contributed by atoms with Gasteiger partial charge in [-0.2, -0.15) is 5.10 Å². The molecule has 0 radical (unpaired) electrons. The molecule has 0 saturated carbocycles. The van der Waals surface area contributed by atoms with Crippen molar-refractivity contribution in [2.45, 2.75) is 18.9 Å². The Morgan fingerprint density at radius 1 is 1.14 bits per heavy atom. The Balaban J connectivity index is 1.54. The molecule has 2 heterocycles. The molecule has 1 atom stereocenters. The van der Waals surface area contributed by atoms with Crippen LogP contribution >= 0.6 is 0 Å². The minimum absolute atomic E-state index is 0.164. The summed E-state index contributed by atoms with van der Waals surface area (Å²) in [5.74, 6) is 0.614. The molecule has 1 amide bonds. The summed E-state index contributed by atoms with van der Waals surface area (Å²) in [5.41, 5.74) is 3.16. The molecule has 0 spiro atoms. The minimum atomic E-state index is -1.02. The van der Waals surface area contributed by atoms with Crippen molar-refractivity contribution < 1.29 is 14.6 Å². The quantitative estimate of drug-likeness (QED) is 0.742. The maximum absolute atomic E-state index is 13.0. The summed E-state index contributed by atoms with van der Waals surface area (Å²) < 4.78 is 6.91. The summed E-state index contributed by atoms with van der Waals surface area (Å²) in [6.45, 7) is 2.78. The fourth-order valence-electron chi connectivity index (χ4n) is 3.83. The predicted molar refractivity (Wildman–Crippen MR) is 111 cm³/mol. The minimum Gasteiger partial charge on any atom is -0.497 e. The number of β-amino-alcohol motifs (C(OH)–C–C–N with tert-alkyl or cyclic N) is 1. The number of aliphatic hydroxyl groups is 1. The van der Waals surface area contributed by atoms with Crippen molar-refractivity contribution in [2.24, 2.45) is 7.05 Å². The second-order valence-corrected chi connectivity index (χ2v) is 7.64. The molecule has 29 heavy (non-hydrogen) atoms. The Hall–Kier alpha value is -3.12. The zero-order chi connectivity index (χ0) is 20.6. The monoisotopic (exact) mass is 391 g/mol. The van der Waals surface area contributed by atoms with Gasteiger partial charge in [-0.1, -0.05) is 29.8 Å². The molecule has 1 aliphatic rings. The summed E-state index contributed by atoms with van der Waals surface area (Å²) in [6, 6.07) is 17.3. The Morgan fingerprint density at radius 3 is 2.48 bits per heavy atom. The van der Waals surface area contributed by atoms with Crippen molar-refractivity contribution in [3.05, 3.63) is 71.4 Å². The average Bonchev–Trinajstić information content (AvgIpc) is 3.32. The van der Waals surface area contributed by atoms with Crippen molar-refractivity contribution >= 4 is 5.91 Å². The van der Waals surface area contributed by atoms with Gasteiger partial charge in [0.05, 0.1) is 19.3 Å². The first-order valence-corrected chi connectivity index (χ1v) is 9.67. The highest BCUT2D eigenvalue weighted by Crippen LogP contribution is 2.33. The number of hydrogen-bond acceptors (Lipinski definition) is 4. The van der Waals surface area contributed by atoms with E-state index in [2.05, 4.69) is 5.10 Å².